The molecule has 0 heterocycles. The topological polar surface area (TPSA) is 16.6 Å². The molecule has 0 saturated heterocycles. The first kappa shape index (κ1) is 11.3. The maximum Gasteiger partial charge on any atom is 0.417 e. The Hall–Kier alpha value is -0.740. The van der Waals surface area contributed by atoms with E-state index in [2.05, 4.69) is 7.05 Å². The smallest absolute Gasteiger partial charge is 0.417 e. The molecule has 1 nitrogen and oxygen atoms in total. The molecule has 0 aliphatic heterocycles. The molecule has 2 N–H and O–H groups in total. The highest BCUT2D eigenvalue weighted by Crippen LogP contribution is 2.34. The summed E-state index contributed by atoms with van der Waals surface area (Å²) in [4.78, 5) is 0. The molecule has 0 atom stereocenters. The van der Waals surface area contributed by atoms with Crippen LogP contribution in [0.4, 0.5) is 13.2 Å². The molecule has 0 fully saturated rings. The van der Waals surface area contributed by atoms with Gasteiger partial charge in [-0.1, -0.05) is 17.7 Å². The molecule has 0 amide bonds. The fourth-order valence-corrected chi connectivity index (χ4v) is 1.39. The average molecular weight is 224 g/mol. The Morgan fingerprint density at radius 1 is 1.36 bits per heavy atom. The number of alkyl halides is 3. The highest BCUT2D eigenvalue weighted by atomic mass is 35.5. The fraction of sp³-hybridized carbons (Fsp3) is 0.222. The fourth-order valence-electron chi connectivity index (χ4n) is 1.08. The lowest BCUT2D eigenvalue weighted by Gasteiger charge is -2.09. The number of rotatable bonds is 2. The summed E-state index contributed by atoms with van der Waals surface area (Å²) in [6.45, 7) is 0.512. The highest BCUT2D eigenvalue weighted by molar-refractivity contribution is 6.31. The van der Waals surface area contributed by atoms with Crippen LogP contribution in [-0.2, 0) is 12.7 Å². The molecular weight excluding hydrogens is 215 g/mol. The average Bonchev–Trinajstić information content (AvgIpc) is 2.02. The monoisotopic (exact) mass is 223 g/mol. The van der Waals surface area contributed by atoms with E-state index in [0.717, 1.165) is 11.6 Å². The summed E-state index contributed by atoms with van der Waals surface area (Å²) < 4.78 is 36.8. The Morgan fingerprint density at radius 2 is 2.00 bits per heavy atom. The minimum atomic E-state index is -4.39. The minimum Gasteiger partial charge on any atom is -0.475 e. The summed E-state index contributed by atoms with van der Waals surface area (Å²) in [5, 5.41) is 1.34. The van der Waals surface area contributed by atoms with Crippen LogP contribution < -0.4 is 5.32 Å². The summed E-state index contributed by atoms with van der Waals surface area (Å²) >= 11 is 5.50. The van der Waals surface area contributed by atoms with Gasteiger partial charge in [0.2, 0.25) is 0 Å². The summed E-state index contributed by atoms with van der Waals surface area (Å²) in [7, 11) is 3.49. The lowest BCUT2D eigenvalue weighted by atomic mass is 10.1. The van der Waals surface area contributed by atoms with Gasteiger partial charge in [-0.15, -0.1) is 0 Å². The number of benzene rings is 1. The SMILES string of the molecule is [CH2-][NH2+]Cc1ccc(C(F)(F)F)c(Cl)c1. The number of quaternary nitrogens is 1. The number of nitrogens with two attached hydrogens (primary N) is 1. The van der Waals surface area contributed by atoms with Gasteiger partial charge in [-0.05, 0) is 12.1 Å². The lowest BCUT2D eigenvalue weighted by Crippen LogP contribution is -2.74. The predicted octanol–water partition coefficient (Wildman–Crippen LogP) is 2.21. The molecule has 14 heavy (non-hydrogen) atoms. The van der Waals surface area contributed by atoms with Crippen LogP contribution in [0.5, 0.6) is 0 Å². The Kier molecular flexibility index (Phi) is 3.39. The molecule has 0 aliphatic rings. The van der Waals surface area contributed by atoms with Gasteiger partial charge in [0, 0.05) is 5.56 Å². The molecule has 0 saturated carbocycles. The van der Waals surface area contributed by atoms with E-state index in [1.54, 1.807) is 5.32 Å². The van der Waals surface area contributed by atoms with Crippen molar-refractivity contribution in [1.29, 1.82) is 0 Å². The minimum absolute atomic E-state index is 0.267. The van der Waals surface area contributed by atoms with Crippen molar-refractivity contribution in [3.63, 3.8) is 0 Å². The molecule has 0 bridgehead atoms. The van der Waals surface area contributed by atoms with Crippen molar-refractivity contribution in [3.8, 4) is 0 Å². The van der Waals surface area contributed by atoms with Crippen LogP contribution in [0.25, 0.3) is 0 Å². The zero-order valence-corrected chi connectivity index (χ0v) is 7.99. The molecule has 0 radical (unpaired) electrons. The van der Waals surface area contributed by atoms with Gasteiger partial charge in [-0.3, -0.25) is 0 Å². The predicted molar refractivity (Wildman–Crippen MR) is 47.4 cm³/mol. The maximum absolute atomic E-state index is 12.3. The highest BCUT2D eigenvalue weighted by Gasteiger charge is 2.32. The van der Waals surface area contributed by atoms with Crippen LogP contribution in [0.2, 0.25) is 5.02 Å². The van der Waals surface area contributed by atoms with Crippen LogP contribution in [0.1, 0.15) is 11.1 Å². The van der Waals surface area contributed by atoms with Crippen molar-refractivity contribution in [2.45, 2.75) is 12.7 Å². The molecule has 0 unspecified atom stereocenters. The van der Waals surface area contributed by atoms with Crippen molar-refractivity contribution in [3.05, 3.63) is 41.4 Å². The molecule has 1 aromatic carbocycles. The normalized spacial score (nSPS) is 11.8. The number of hydrogen-bond donors (Lipinski definition) is 1. The molecule has 1 aromatic rings. The molecule has 0 aliphatic carbocycles. The third-order valence-corrected chi connectivity index (χ3v) is 2.03. The van der Waals surface area contributed by atoms with Crippen LogP contribution >= 0.6 is 11.6 Å². The molecule has 5 heteroatoms. The van der Waals surface area contributed by atoms with E-state index in [0.29, 0.717) is 6.54 Å². The first-order chi connectivity index (χ1) is 6.45. The molecule has 1 rings (SSSR count). The largest absolute Gasteiger partial charge is 0.475 e. The van der Waals surface area contributed by atoms with E-state index < -0.39 is 11.7 Å². The van der Waals surface area contributed by atoms with Gasteiger partial charge in [0.25, 0.3) is 0 Å². The van der Waals surface area contributed by atoms with Crippen molar-refractivity contribution >= 4 is 11.6 Å². The molecule has 0 spiro atoms. The van der Waals surface area contributed by atoms with Crippen molar-refractivity contribution in [1.82, 2.24) is 0 Å². The lowest BCUT2D eigenvalue weighted by molar-refractivity contribution is -0.612. The van der Waals surface area contributed by atoms with Crippen molar-refractivity contribution in [2.75, 3.05) is 0 Å². The van der Waals surface area contributed by atoms with E-state index in [1.165, 1.54) is 12.1 Å². The maximum atomic E-state index is 12.3. The Labute approximate surface area is 84.9 Å². The summed E-state index contributed by atoms with van der Waals surface area (Å²) in [6.07, 6.45) is -4.39. The molecule has 78 valence electrons. The second-order valence-corrected chi connectivity index (χ2v) is 3.21. The van der Waals surface area contributed by atoms with Gasteiger partial charge in [0.15, 0.2) is 0 Å². The van der Waals surface area contributed by atoms with E-state index >= 15 is 0 Å². The Balaban J connectivity index is 3.02. The third kappa shape index (κ3) is 2.62. The van der Waals surface area contributed by atoms with Crippen LogP contribution in [0, 0.1) is 7.05 Å². The summed E-state index contributed by atoms with van der Waals surface area (Å²) in [5.41, 5.74) is -0.0787. The quantitative estimate of drug-likeness (QED) is 0.741. The van der Waals surface area contributed by atoms with E-state index in [1.807, 2.05) is 0 Å². The zero-order valence-electron chi connectivity index (χ0n) is 7.24. The van der Waals surface area contributed by atoms with Crippen LogP contribution in [0.15, 0.2) is 18.2 Å². The Morgan fingerprint density at radius 3 is 2.43 bits per heavy atom. The third-order valence-electron chi connectivity index (χ3n) is 1.72. The first-order valence-corrected chi connectivity index (χ1v) is 4.29. The number of halogens is 4. The van der Waals surface area contributed by atoms with Crippen LogP contribution in [-0.4, -0.2) is 0 Å². The van der Waals surface area contributed by atoms with E-state index in [4.69, 9.17) is 11.6 Å². The Bertz CT molecular complexity index is 322. The van der Waals surface area contributed by atoms with Gasteiger partial charge >= 0.3 is 6.18 Å². The van der Waals surface area contributed by atoms with Crippen molar-refractivity contribution in [2.24, 2.45) is 0 Å². The molecular formula is C9H9ClF3N. The van der Waals surface area contributed by atoms with Gasteiger partial charge in [0.1, 0.15) is 0 Å². The van der Waals surface area contributed by atoms with Gasteiger partial charge in [-0.2, -0.15) is 20.2 Å². The van der Waals surface area contributed by atoms with E-state index in [-0.39, 0.29) is 5.02 Å². The standard InChI is InChI=1S/C9H9ClF3N/c1-14-5-6-2-3-7(8(10)4-6)9(11,12)13/h2-4H,1,5,14H2. The van der Waals surface area contributed by atoms with Crippen molar-refractivity contribution < 1.29 is 18.5 Å². The van der Waals surface area contributed by atoms with Gasteiger partial charge in [0.05, 0.1) is 17.1 Å². The van der Waals surface area contributed by atoms with Gasteiger partial charge < -0.3 is 5.32 Å². The first-order valence-electron chi connectivity index (χ1n) is 3.91. The summed E-state index contributed by atoms with van der Waals surface area (Å²) in [5.74, 6) is 0. The van der Waals surface area contributed by atoms with Gasteiger partial charge in [-0.25, -0.2) is 0 Å². The molecule has 0 aromatic heterocycles. The second kappa shape index (κ2) is 4.19. The second-order valence-electron chi connectivity index (χ2n) is 2.80. The van der Waals surface area contributed by atoms with E-state index in [9.17, 15) is 13.2 Å². The zero-order chi connectivity index (χ0) is 10.8. The number of hydrogen-bond acceptors (Lipinski definition) is 0. The summed E-state index contributed by atoms with van der Waals surface area (Å²) in [6, 6.07) is 3.70. The van der Waals surface area contributed by atoms with Crippen LogP contribution in [0.3, 0.4) is 0 Å².